The average molecular weight is 445 g/mol. The van der Waals surface area contributed by atoms with Crippen molar-refractivity contribution in [1.29, 1.82) is 0 Å². The molecule has 0 bridgehead atoms. The number of rotatable bonds is 6. The summed E-state index contributed by atoms with van der Waals surface area (Å²) in [5.74, 6) is 2.86. The van der Waals surface area contributed by atoms with E-state index in [9.17, 15) is 0 Å². The van der Waals surface area contributed by atoms with E-state index in [2.05, 4.69) is 31.2 Å². The van der Waals surface area contributed by atoms with Crippen LogP contribution in [0.25, 0.3) is 0 Å². The molecule has 0 spiro atoms. The van der Waals surface area contributed by atoms with Crippen LogP contribution < -0.4 is 10.2 Å². The van der Waals surface area contributed by atoms with Gasteiger partial charge in [-0.3, -0.25) is 4.99 Å². The monoisotopic (exact) mass is 445 g/mol. The molecule has 134 valence electrons. The Labute approximate surface area is 161 Å². The van der Waals surface area contributed by atoms with Gasteiger partial charge >= 0.3 is 0 Å². The van der Waals surface area contributed by atoms with Gasteiger partial charge in [0.15, 0.2) is 5.96 Å². The number of ether oxygens (including phenoxy) is 1. The van der Waals surface area contributed by atoms with Crippen molar-refractivity contribution in [2.45, 2.75) is 12.8 Å². The van der Waals surface area contributed by atoms with E-state index in [-0.39, 0.29) is 24.0 Å². The lowest BCUT2D eigenvalue weighted by Gasteiger charge is -2.37. The van der Waals surface area contributed by atoms with Crippen molar-refractivity contribution in [3.63, 3.8) is 0 Å². The smallest absolute Gasteiger partial charge is 0.193 e. The first-order valence-corrected chi connectivity index (χ1v) is 8.56. The number of halogens is 1. The molecule has 2 heterocycles. The largest absolute Gasteiger partial charge is 0.379 e. The summed E-state index contributed by atoms with van der Waals surface area (Å²) in [6, 6.07) is 6.06. The van der Waals surface area contributed by atoms with Gasteiger partial charge in [0.05, 0.1) is 6.61 Å². The molecule has 1 aromatic heterocycles. The molecule has 2 aliphatic rings. The molecule has 0 amide bonds. The van der Waals surface area contributed by atoms with Crippen LogP contribution in [0.2, 0.25) is 0 Å². The van der Waals surface area contributed by atoms with E-state index < -0.39 is 0 Å². The molecule has 0 unspecified atom stereocenters. The number of hydrogen-bond acceptors (Lipinski definition) is 4. The summed E-state index contributed by atoms with van der Waals surface area (Å²) in [6.07, 6.45) is 4.54. The topological polar surface area (TPSA) is 53.0 Å². The number of pyridine rings is 1. The van der Waals surface area contributed by atoms with E-state index in [1.54, 1.807) is 0 Å². The van der Waals surface area contributed by atoms with Crippen molar-refractivity contribution in [2.75, 3.05) is 57.9 Å². The minimum Gasteiger partial charge on any atom is -0.379 e. The molecule has 3 rings (SSSR count). The molecule has 0 radical (unpaired) electrons. The van der Waals surface area contributed by atoms with E-state index in [4.69, 9.17) is 4.74 Å². The van der Waals surface area contributed by atoms with Crippen LogP contribution in [0.5, 0.6) is 0 Å². The van der Waals surface area contributed by atoms with E-state index in [1.165, 1.54) is 12.8 Å². The second-order valence-electron chi connectivity index (χ2n) is 6.15. The Hall–Kier alpha value is -1.09. The molecule has 1 saturated heterocycles. The van der Waals surface area contributed by atoms with Crippen molar-refractivity contribution in [3.05, 3.63) is 24.4 Å². The van der Waals surface area contributed by atoms with Gasteiger partial charge in [0.2, 0.25) is 0 Å². The molecule has 1 aromatic rings. The lowest BCUT2D eigenvalue weighted by atomic mass is 10.3. The Morgan fingerprint density at radius 3 is 2.71 bits per heavy atom. The molecular weight excluding hydrogens is 417 g/mol. The molecule has 1 saturated carbocycles. The van der Waals surface area contributed by atoms with Gasteiger partial charge in [-0.2, -0.15) is 0 Å². The Balaban J connectivity index is 0.00000208. The first kappa shape index (κ1) is 19.2. The lowest BCUT2D eigenvalue weighted by molar-refractivity contribution is 0.128. The van der Waals surface area contributed by atoms with Gasteiger partial charge in [-0.15, -0.1) is 24.0 Å². The first-order valence-electron chi connectivity index (χ1n) is 8.56. The van der Waals surface area contributed by atoms with Gasteiger partial charge in [0, 0.05) is 52.6 Å². The number of piperazine rings is 1. The predicted molar refractivity (Wildman–Crippen MR) is 108 cm³/mol. The fourth-order valence-corrected chi connectivity index (χ4v) is 2.79. The maximum Gasteiger partial charge on any atom is 0.193 e. The second kappa shape index (κ2) is 10.0. The Morgan fingerprint density at radius 2 is 2.08 bits per heavy atom. The van der Waals surface area contributed by atoms with Gasteiger partial charge in [-0.25, -0.2) is 4.98 Å². The van der Waals surface area contributed by atoms with Crippen molar-refractivity contribution in [3.8, 4) is 0 Å². The highest BCUT2D eigenvalue weighted by molar-refractivity contribution is 14.0. The van der Waals surface area contributed by atoms with Gasteiger partial charge in [-0.1, -0.05) is 6.07 Å². The minimum absolute atomic E-state index is 0. The maximum absolute atomic E-state index is 5.66. The highest BCUT2D eigenvalue weighted by atomic mass is 127. The number of hydrogen-bond donors (Lipinski definition) is 1. The van der Waals surface area contributed by atoms with E-state index >= 15 is 0 Å². The lowest BCUT2D eigenvalue weighted by Crippen LogP contribution is -2.53. The van der Waals surface area contributed by atoms with Crippen LogP contribution in [0.3, 0.4) is 0 Å². The zero-order valence-electron chi connectivity index (χ0n) is 14.4. The third-order valence-electron chi connectivity index (χ3n) is 4.34. The zero-order valence-corrected chi connectivity index (χ0v) is 16.7. The summed E-state index contributed by atoms with van der Waals surface area (Å²) < 4.78 is 5.66. The standard InChI is InChI=1S/C17H27N5O.HI/c1-18-17(20-8-13-23-14-15-5-6-15)22-11-9-21(10-12-22)16-4-2-3-7-19-16;/h2-4,7,15H,5-6,8-14H2,1H3,(H,18,20);1H. The van der Waals surface area contributed by atoms with Crippen LogP contribution >= 0.6 is 24.0 Å². The van der Waals surface area contributed by atoms with Gasteiger partial charge < -0.3 is 19.9 Å². The maximum atomic E-state index is 5.66. The number of nitrogens with one attached hydrogen (secondary N) is 1. The van der Waals surface area contributed by atoms with Crippen molar-refractivity contribution < 1.29 is 4.74 Å². The fourth-order valence-electron chi connectivity index (χ4n) is 2.79. The molecule has 0 aromatic carbocycles. The van der Waals surface area contributed by atoms with Gasteiger partial charge in [0.1, 0.15) is 5.82 Å². The summed E-state index contributed by atoms with van der Waals surface area (Å²) in [7, 11) is 1.85. The summed E-state index contributed by atoms with van der Waals surface area (Å²) >= 11 is 0. The van der Waals surface area contributed by atoms with E-state index in [1.807, 2.05) is 25.4 Å². The number of nitrogens with zero attached hydrogens (tertiary/aromatic N) is 4. The second-order valence-corrected chi connectivity index (χ2v) is 6.15. The Kier molecular flexibility index (Phi) is 8.04. The van der Waals surface area contributed by atoms with Crippen LogP contribution in [0.4, 0.5) is 5.82 Å². The quantitative estimate of drug-likeness (QED) is 0.314. The molecule has 1 aliphatic heterocycles. The Bertz CT molecular complexity index is 501. The number of guanidine groups is 1. The SMILES string of the molecule is CN=C(NCCOCC1CC1)N1CCN(c2ccccn2)CC1.I. The van der Waals surface area contributed by atoms with Crippen LogP contribution in [0.15, 0.2) is 29.4 Å². The van der Waals surface area contributed by atoms with E-state index in [0.29, 0.717) is 0 Å². The molecule has 24 heavy (non-hydrogen) atoms. The van der Waals surface area contributed by atoms with E-state index in [0.717, 1.165) is 63.6 Å². The molecule has 2 fully saturated rings. The number of anilines is 1. The first-order chi connectivity index (χ1) is 11.4. The summed E-state index contributed by atoms with van der Waals surface area (Å²) in [4.78, 5) is 13.5. The van der Waals surface area contributed by atoms with Crippen molar-refractivity contribution >= 4 is 35.8 Å². The van der Waals surface area contributed by atoms with Crippen molar-refractivity contribution in [2.24, 2.45) is 10.9 Å². The summed E-state index contributed by atoms with van der Waals surface area (Å²) in [6.45, 7) is 6.34. The third kappa shape index (κ3) is 5.77. The number of aliphatic imine (C=N–C) groups is 1. The van der Waals surface area contributed by atoms with Crippen LogP contribution in [0.1, 0.15) is 12.8 Å². The zero-order chi connectivity index (χ0) is 15.9. The van der Waals surface area contributed by atoms with Crippen LogP contribution in [-0.2, 0) is 4.74 Å². The highest BCUT2D eigenvalue weighted by Gasteiger charge is 2.21. The highest BCUT2D eigenvalue weighted by Crippen LogP contribution is 2.28. The summed E-state index contributed by atoms with van der Waals surface area (Å²) in [5.41, 5.74) is 0. The molecule has 0 atom stereocenters. The molecular formula is C17H28IN5O. The van der Waals surface area contributed by atoms with Crippen LogP contribution in [-0.4, -0.2) is 68.8 Å². The van der Waals surface area contributed by atoms with Gasteiger partial charge in [0.25, 0.3) is 0 Å². The minimum atomic E-state index is 0. The predicted octanol–water partition coefficient (Wildman–Crippen LogP) is 1.82. The van der Waals surface area contributed by atoms with Crippen LogP contribution in [0, 0.1) is 5.92 Å². The Morgan fingerprint density at radius 1 is 1.29 bits per heavy atom. The number of aromatic nitrogens is 1. The van der Waals surface area contributed by atoms with Crippen molar-refractivity contribution in [1.82, 2.24) is 15.2 Å². The molecule has 1 aliphatic carbocycles. The molecule has 6 nitrogen and oxygen atoms in total. The molecule has 7 heteroatoms. The van der Waals surface area contributed by atoms with Gasteiger partial charge in [-0.05, 0) is 30.9 Å². The average Bonchev–Trinajstić information content (AvgIpc) is 3.43. The third-order valence-corrected chi connectivity index (χ3v) is 4.34. The molecule has 1 N–H and O–H groups in total. The normalized spacial score (nSPS) is 18.3. The fraction of sp³-hybridized carbons (Fsp3) is 0.647. The summed E-state index contributed by atoms with van der Waals surface area (Å²) in [5, 5.41) is 3.40.